The minimum Gasteiger partial charge on any atom is -0.507 e. The Balaban J connectivity index is 0.000000427. The van der Waals surface area contributed by atoms with Crippen LogP contribution in [-0.2, 0) is 87.4 Å². The number of carboxylic acid groups (broad SMARTS) is 1. The molecule has 0 spiro atoms. The number of hydrogen-bond donors (Lipinski definition) is 7. The number of aliphatic hydroxyl groups excluding tert-OH is 2. The summed E-state index contributed by atoms with van der Waals surface area (Å²) in [5, 5.41) is 64.2. The monoisotopic (exact) mass is 2060 g/mol. The maximum Gasteiger partial charge on any atom is 0.499 e. The molecule has 38 heteroatoms. The molecule has 0 aliphatic carbocycles. The molecule has 757 valence electrons. The van der Waals surface area contributed by atoms with Gasteiger partial charge in [0.2, 0.25) is 6.54 Å². The average molecular weight is 2070 g/mol. The van der Waals surface area contributed by atoms with Gasteiger partial charge in [0.15, 0.2) is 12.6 Å². The quantitative estimate of drug-likeness (QED) is 0.00621. The molecule has 8 N–H and O–H groups in total. The number of nitrogens with two attached hydrogens (primary N) is 1. The van der Waals surface area contributed by atoms with E-state index in [0.29, 0.717) is 182 Å². The van der Waals surface area contributed by atoms with Crippen molar-refractivity contribution in [1.29, 1.82) is 0 Å². The zero-order chi connectivity index (χ0) is 100. The van der Waals surface area contributed by atoms with E-state index in [9.17, 15) is 34.5 Å². The van der Waals surface area contributed by atoms with Gasteiger partial charge in [-0.15, -0.1) is 0 Å². The highest BCUT2D eigenvalue weighted by atomic mass is 79.9. The molecular weight excluding hydrogens is 1930 g/mol. The van der Waals surface area contributed by atoms with E-state index in [2.05, 4.69) is 31.9 Å². The highest BCUT2D eigenvalue weighted by Gasteiger charge is 2.64. The van der Waals surface area contributed by atoms with E-state index in [1.165, 1.54) is 17.2 Å². The minimum atomic E-state index is -1.21. The summed E-state index contributed by atoms with van der Waals surface area (Å²) in [5.41, 5.74) is 12.6. The Labute approximate surface area is 847 Å². The van der Waals surface area contributed by atoms with E-state index in [0.717, 1.165) is 49.0 Å². The van der Waals surface area contributed by atoms with Crippen LogP contribution in [0.4, 0.5) is 0 Å². The number of halogens is 2. The molecule has 9 aromatic rings. The van der Waals surface area contributed by atoms with Crippen LogP contribution in [0.15, 0.2) is 221 Å². The Morgan fingerprint density at radius 2 is 0.707 bits per heavy atom. The summed E-state index contributed by atoms with van der Waals surface area (Å²) in [6.45, 7) is 32.1. The maximum absolute atomic E-state index is 11.6. The molecule has 3 fully saturated rings. The Morgan fingerprint density at radius 3 is 1.05 bits per heavy atom. The second kappa shape index (κ2) is 62.2. The van der Waals surface area contributed by atoms with Crippen molar-refractivity contribution < 1.29 is 131 Å². The number of aromatic hydroxyl groups is 1. The van der Waals surface area contributed by atoms with Crippen molar-refractivity contribution in [3.8, 4) is 28.7 Å². The molecular formula is C102H139B6Br2N2O28. The van der Waals surface area contributed by atoms with E-state index in [4.69, 9.17) is 106 Å². The lowest BCUT2D eigenvalue weighted by atomic mass is 9.49. The van der Waals surface area contributed by atoms with Crippen LogP contribution in [0.2, 0.25) is 0 Å². The number of carboxylic acids is 1. The minimum absolute atomic E-state index is 0. The Kier molecular flexibility index (Phi) is 54.5. The summed E-state index contributed by atoms with van der Waals surface area (Å²) >= 11 is 6.43. The van der Waals surface area contributed by atoms with Gasteiger partial charge in [0.05, 0.1) is 121 Å². The lowest BCUT2D eigenvalue weighted by Gasteiger charge is -2.32. The molecule has 0 saturated carbocycles. The van der Waals surface area contributed by atoms with Crippen molar-refractivity contribution in [2.45, 2.75) is 209 Å². The molecule has 2 unspecified atom stereocenters. The van der Waals surface area contributed by atoms with Gasteiger partial charge in [0.1, 0.15) is 41.1 Å². The molecule has 30 nitrogen and oxygen atoms in total. The van der Waals surface area contributed by atoms with Crippen molar-refractivity contribution >= 4 is 117 Å². The first-order chi connectivity index (χ1) is 65.4. The standard InChI is InChI=1S/C23H29BO5.C18H20BNO6.C17H17BrO3.C12H24B2O4.C11H16BNO4.C10H14O2.C7H5BrO2.C2H4O2.2CH4.B.H2/c1-22(2)23(3,4)29-24(28-22)21-19(16-25)12-8-13-20(21)27-15-9-14-26-17-18-10-6-5-7-11-18;21-19-18-15(17(26-19)12-20(22)23)8-4-9-16(18)25-11-5-10-24-13-14-6-2-1-3-7-14;18-17-15(12-19)8-4-9-16(17)21-11-5-10-20-13-14-6-2-1-3-7-14;1-9(2)10(3,4)16-13(15-9)14-17-11(5,6)12(7,8)18-14;13-7-10-8-3-1-4-9(16-6-2-5-14)11(8)12(15)17-10;11-7-4-8-12-9-10-5-2-1-3-6-10;8-7-5(4-9)2-1-3-6(7)10;1-2(3)4;;;;/h5-8,10-13,16H,9,14-15,17H2,1-4H3;1-4,6-9,17,21H,5,10-13H2;1-4,6-9,12H,5,10-11,13H2;1-8H3;1,3-4,10,14-15H,2,5-7,13H2;1-3,5-6,11H,4,7-9H2;1-4,10H;1H3,(H,3,4);2*1H4;;1H/i;;;;;;;;;;;1+1. The number of benzene rings is 9. The number of phenolic OH excluding ortho intramolecular Hbond substituents is 1. The van der Waals surface area contributed by atoms with Gasteiger partial charge in [0.25, 0.3) is 5.97 Å². The van der Waals surface area contributed by atoms with Crippen LogP contribution < -0.4 is 41.1 Å². The van der Waals surface area contributed by atoms with Crippen molar-refractivity contribution in [2.75, 3.05) is 79.2 Å². The highest BCUT2D eigenvalue weighted by molar-refractivity contribution is 9.11. The number of fused-ring (bicyclic) bond motifs is 2. The number of nitro groups is 1. The smallest absolute Gasteiger partial charge is 0.499 e. The summed E-state index contributed by atoms with van der Waals surface area (Å²) in [6, 6.07) is 66.3. The van der Waals surface area contributed by atoms with Gasteiger partial charge >= 0.3 is 35.4 Å². The normalized spacial score (nSPS) is 16.1. The topological polar surface area (TPSA) is 407 Å². The Morgan fingerprint density at radius 1 is 0.421 bits per heavy atom. The third-order valence-electron chi connectivity index (χ3n) is 22.8. The van der Waals surface area contributed by atoms with E-state index in [-0.39, 0.29) is 78.7 Å². The van der Waals surface area contributed by atoms with Gasteiger partial charge in [-0.3, -0.25) is 29.3 Å². The molecule has 0 aromatic heterocycles. The number of carbonyl (C=O) groups is 4. The van der Waals surface area contributed by atoms with Gasteiger partial charge in [-0.25, -0.2) is 0 Å². The Bertz CT molecular complexity index is 5050. The van der Waals surface area contributed by atoms with E-state index in [1.807, 2.05) is 229 Å². The molecule has 14 rings (SSSR count). The Hall–Kier alpha value is -9.47. The third kappa shape index (κ3) is 39.0. The van der Waals surface area contributed by atoms with Crippen LogP contribution in [0, 0.1) is 10.1 Å². The van der Waals surface area contributed by atoms with Crippen LogP contribution in [-0.4, -0.2) is 217 Å². The SMILES string of the molecule is C.C.CC(=O)O.CC1(C)OB(B2OC(C)(C)C(C)(C)O2)OC1(C)C.CC1(C)OB(c2c(C=O)cccc2OCCCOCc2ccccc2)OC1(C)C.NCC1OB(O)c2c(OCCCO)cccc21.O=Cc1cccc(O)c1Br.O=Cc1cccc(OCCCOCc2ccccc2)c1Br.O=[N+]([O-])CC1OB(O)c2c(OCCCOCc3ccccc3)cccc21.OCCCOCc1ccccc1.[2HH].[B]. The number of aldehydes is 3. The van der Waals surface area contributed by atoms with Gasteiger partial charge in [-0.1, -0.05) is 197 Å². The van der Waals surface area contributed by atoms with Gasteiger partial charge in [-0.2, -0.15) is 0 Å². The van der Waals surface area contributed by atoms with E-state index >= 15 is 0 Å². The van der Waals surface area contributed by atoms with Crippen molar-refractivity contribution in [3.63, 3.8) is 0 Å². The summed E-state index contributed by atoms with van der Waals surface area (Å²) in [6.07, 6.45) is 4.76. The second-order valence-electron chi connectivity index (χ2n) is 34.8. The van der Waals surface area contributed by atoms with E-state index in [1.54, 1.807) is 60.7 Å². The molecule has 0 bridgehead atoms. The first kappa shape index (κ1) is 123. The zero-order valence-corrected chi connectivity index (χ0v) is 84.0. The summed E-state index contributed by atoms with van der Waals surface area (Å²) < 4.78 is 93.0. The number of aliphatic carboxylic acids is 1. The lowest BCUT2D eigenvalue weighted by molar-refractivity contribution is -0.490. The van der Waals surface area contributed by atoms with Gasteiger partial charge in [0, 0.05) is 107 Å². The zero-order valence-electron chi connectivity index (χ0n) is 80.9. The molecule has 5 aliphatic rings. The molecule has 3 radical (unpaired) electrons. The number of nitrogens with zero attached hydrogens (tertiary/aromatic N) is 1. The molecule has 5 heterocycles. The summed E-state index contributed by atoms with van der Waals surface area (Å²) in [7, 11) is -3.79. The largest absolute Gasteiger partial charge is 0.507 e. The third-order valence-corrected chi connectivity index (χ3v) is 24.5. The van der Waals surface area contributed by atoms with Crippen LogP contribution in [0.25, 0.3) is 0 Å². The number of rotatable bonds is 38. The van der Waals surface area contributed by atoms with Gasteiger partial charge < -0.3 is 111 Å². The predicted octanol–water partition coefficient (Wildman–Crippen LogP) is 15.9. The molecule has 0 amide bonds. The van der Waals surface area contributed by atoms with Crippen LogP contribution >= 0.6 is 31.9 Å². The van der Waals surface area contributed by atoms with Crippen LogP contribution in [0.1, 0.15) is 215 Å². The number of hydrogen-bond acceptors (Lipinski definition) is 28. The fraction of sp³-hybridized carbons (Fsp3) is 0.431. The van der Waals surface area contributed by atoms with Gasteiger partial charge in [-0.05, 0) is 185 Å². The fourth-order valence-corrected chi connectivity index (χ4v) is 14.2. The number of ether oxygens (including phenoxy) is 8. The first-order valence-electron chi connectivity index (χ1n) is 45.3. The number of carbonyl (C=O) groups excluding carboxylic acids is 3. The van der Waals surface area contributed by atoms with Crippen molar-refractivity contribution in [2.24, 2.45) is 5.73 Å². The van der Waals surface area contributed by atoms with Crippen LogP contribution in [0.3, 0.4) is 0 Å². The molecule has 3 saturated heterocycles. The second-order valence-corrected chi connectivity index (χ2v) is 36.4. The van der Waals surface area contributed by atoms with Crippen LogP contribution in [0.5, 0.6) is 28.7 Å². The van der Waals surface area contributed by atoms with Crippen molar-refractivity contribution in [1.82, 2.24) is 0 Å². The van der Waals surface area contributed by atoms with E-state index < -0.39 is 63.6 Å². The molecule has 140 heavy (non-hydrogen) atoms. The summed E-state index contributed by atoms with van der Waals surface area (Å²) in [5.74, 6) is 1.63. The first-order valence-corrected chi connectivity index (χ1v) is 46.9. The van der Waals surface area contributed by atoms with Crippen molar-refractivity contribution in [3.05, 3.63) is 281 Å². The maximum atomic E-state index is 11.6. The molecule has 9 aromatic carbocycles. The number of phenols is 1. The number of aliphatic hydroxyl groups is 2. The molecule has 5 aliphatic heterocycles. The summed E-state index contributed by atoms with van der Waals surface area (Å²) in [4.78, 5) is 52.0. The molecule has 2 atom stereocenters. The lowest BCUT2D eigenvalue weighted by Crippen LogP contribution is -2.41. The fourth-order valence-electron chi connectivity index (χ4n) is 13.4. The highest BCUT2D eigenvalue weighted by Crippen LogP contribution is 2.44. The average Bonchev–Trinajstić information content (AvgIpc) is 1.59. The predicted molar refractivity (Wildman–Crippen MR) is 555 cm³/mol.